The Morgan fingerprint density at radius 1 is 1.11 bits per heavy atom. The summed E-state index contributed by atoms with van der Waals surface area (Å²) in [6.45, 7) is 0. The molecule has 0 aromatic heterocycles. The van der Waals surface area contributed by atoms with Crippen LogP contribution in [0, 0.1) is 21.4 Å². The van der Waals surface area contributed by atoms with Gasteiger partial charge in [-0.2, -0.15) is 5.26 Å². The molecule has 92 valence electrons. The number of nitro benzene ring substituents is 1. The van der Waals surface area contributed by atoms with E-state index in [1.54, 1.807) is 30.3 Å². The Morgan fingerprint density at radius 2 is 1.74 bits per heavy atom. The van der Waals surface area contributed by atoms with Gasteiger partial charge in [-0.25, -0.2) is 0 Å². The van der Waals surface area contributed by atoms with Crippen molar-refractivity contribution < 1.29 is 4.92 Å². The highest BCUT2D eigenvalue weighted by molar-refractivity contribution is 5.91. The molecule has 2 rings (SSSR count). The maximum absolute atomic E-state index is 10.9. The average molecular weight is 250 g/mol. The van der Waals surface area contributed by atoms with E-state index in [0.717, 1.165) is 5.56 Å². The minimum Gasteiger partial charge on any atom is -0.258 e. The van der Waals surface area contributed by atoms with E-state index in [4.69, 9.17) is 0 Å². The standard InChI is InChI=1S/C15H10N2O2/c16-11-14(12-6-2-1-3-7-12)10-13-8-4-5-9-15(13)17(18)19/h1-10H. The number of hydrogen-bond donors (Lipinski definition) is 0. The van der Waals surface area contributed by atoms with Crippen molar-refractivity contribution in [2.24, 2.45) is 0 Å². The van der Waals surface area contributed by atoms with Gasteiger partial charge in [-0.05, 0) is 17.7 Å². The molecule has 0 radical (unpaired) electrons. The first-order valence-corrected chi connectivity index (χ1v) is 5.63. The van der Waals surface area contributed by atoms with E-state index >= 15 is 0 Å². The molecule has 0 saturated heterocycles. The molecule has 0 atom stereocenters. The molecule has 19 heavy (non-hydrogen) atoms. The Morgan fingerprint density at radius 3 is 2.37 bits per heavy atom. The van der Waals surface area contributed by atoms with Gasteiger partial charge < -0.3 is 0 Å². The molecular weight excluding hydrogens is 240 g/mol. The molecular formula is C15H10N2O2. The first kappa shape index (κ1) is 12.5. The summed E-state index contributed by atoms with van der Waals surface area (Å²) in [7, 11) is 0. The Kier molecular flexibility index (Phi) is 3.70. The molecule has 0 fully saturated rings. The minimum atomic E-state index is -0.453. The maximum atomic E-state index is 10.9. The molecule has 2 aromatic carbocycles. The van der Waals surface area contributed by atoms with Crippen molar-refractivity contribution in [2.45, 2.75) is 0 Å². The summed E-state index contributed by atoms with van der Waals surface area (Å²) in [5, 5.41) is 20.1. The third-order valence-corrected chi connectivity index (χ3v) is 2.64. The van der Waals surface area contributed by atoms with Crippen molar-refractivity contribution in [2.75, 3.05) is 0 Å². The summed E-state index contributed by atoms with van der Waals surface area (Å²) in [6.07, 6.45) is 1.54. The second-order valence-corrected chi connectivity index (χ2v) is 3.85. The second-order valence-electron chi connectivity index (χ2n) is 3.85. The van der Waals surface area contributed by atoms with Crippen LogP contribution in [0.4, 0.5) is 5.69 Å². The molecule has 0 saturated carbocycles. The summed E-state index contributed by atoms with van der Waals surface area (Å²) < 4.78 is 0. The van der Waals surface area contributed by atoms with Gasteiger partial charge in [0, 0.05) is 6.07 Å². The van der Waals surface area contributed by atoms with Gasteiger partial charge in [0.15, 0.2) is 0 Å². The van der Waals surface area contributed by atoms with Crippen molar-refractivity contribution in [1.82, 2.24) is 0 Å². The van der Waals surface area contributed by atoms with Gasteiger partial charge in [0.05, 0.1) is 22.1 Å². The Balaban J connectivity index is 2.51. The lowest BCUT2D eigenvalue weighted by Gasteiger charge is -2.00. The van der Waals surface area contributed by atoms with E-state index in [2.05, 4.69) is 6.07 Å². The first-order valence-electron chi connectivity index (χ1n) is 5.63. The number of nitrogens with zero attached hydrogens (tertiary/aromatic N) is 2. The van der Waals surface area contributed by atoms with Gasteiger partial charge in [-0.1, -0.05) is 42.5 Å². The summed E-state index contributed by atoms with van der Waals surface area (Å²) in [5.41, 5.74) is 1.55. The molecule has 0 N–H and O–H groups in total. The highest BCUT2D eigenvalue weighted by Gasteiger charge is 2.11. The first-order chi connectivity index (χ1) is 9.22. The van der Waals surface area contributed by atoms with Crippen molar-refractivity contribution in [3.8, 4) is 6.07 Å². The lowest BCUT2D eigenvalue weighted by molar-refractivity contribution is -0.385. The van der Waals surface area contributed by atoms with Crippen LogP contribution in [0.2, 0.25) is 0 Å². The summed E-state index contributed by atoms with van der Waals surface area (Å²) >= 11 is 0. The lowest BCUT2D eigenvalue weighted by Crippen LogP contribution is -1.91. The highest BCUT2D eigenvalue weighted by atomic mass is 16.6. The quantitative estimate of drug-likeness (QED) is 0.361. The van der Waals surface area contributed by atoms with Crippen LogP contribution >= 0.6 is 0 Å². The minimum absolute atomic E-state index is 0.00817. The normalized spacial score (nSPS) is 10.8. The molecule has 0 unspecified atom stereocenters. The number of allylic oxidation sites excluding steroid dienone is 1. The molecule has 0 aliphatic carbocycles. The van der Waals surface area contributed by atoms with Gasteiger partial charge in [0.25, 0.3) is 5.69 Å². The zero-order chi connectivity index (χ0) is 13.7. The van der Waals surface area contributed by atoms with Crippen molar-refractivity contribution in [1.29, 1.82) is 5.26 Å². The third kappa shape index (κ3) is 2.85. The van der Waals surface area contributed by atoms with Crippen LogP contribution in [-0.4, -0.2) is 4.92 Å². The number of nitriles is 1. The van der Waals surface area contributed by atoms with E-state index in [1.165, 1.54) is 12.1 Å². The number of hydrogen-bond acceptors (Lipinski definition) is 3. The zero-order valence-electron chi connectivity index (χ0n) is 9.98. The van der Waals surface area contributed by atoms with Crippen LogP contribution in [0.5, 0.6) is 0 Å². The highest BCUT2D eigenvalue weighted by Crippen LogP contribution is 2.24. The largest absolute Gasteiger partial charge is 0.276 e. The lowest BCUT2D eigenvalue weighted by atomic mass is 10.0. The molecule has 0 spiro atoms. The number of rotatable bonds is 3. The summed E-state index contributed by atoms with van der Waals surface area (Å²) in [4.78, 5) is 10.5. The SMILES string of the molecule is N#CC(=Cc1ccccc1[N+](=O)[O-])c1ccccc1. The Labute approximate surface area is 110 Å². The molecule has 2 aromatic rings. The molecule has 0 bridgehead atoms. The molecule has 0 heterocycles. The summed E-state index contributed by atoms with van der Waals surface area (Å²) in [5.74, 6) is 0. The van der Waals surface area contributed by atoms with Crippen LogP contribution < -0.4 is 0 Å². The van der Waals surface area contributed by atoms with Crippen LogP contribution in [0.25, 0.3) is 11.6 Å². The Bertz CT molecular complexity index is 670. The fourth-order valence-electron chi connectivity index (χ4n) is 1.73. The van der Waals surface area contributed by atoms with Crippen molar-refractivity contribution >= 4 is 17.3 Å². The van der Waals surface area contributed by atoms with Crippen LogP contribution in [0.3, 0.4) is 0 Å². The van der Waals surface area contributed by atoms with E-state index in [1.807, 2.05) is 18.2 Å². The van der Waals surface area contributed by atoms with Gasteiger partial charge in [-0.3, -0.25) is 10.1 Å². The Hall–Kier alpha value is -2.93. The molecule has 4 nitrogen and oxygen atoms in total. The van der Waals surface area contributed by atoms with Gasteiger partial charge in [-0.15, -0.1) is 0 Å². The van der Waals surface area contributed by atoms with Gasteiger partial charge in [0.1, 0.15) is 0 Å². The zero-order valence-corrected chi connectivity index (χ0v) is 9.98. The predicted octanol–water partition coefficient (Wildman–Crippen LogP) is 3.66. The number of benzene rings is 2. The van der Waals surface area contributed by atoms with Crippen molar-refractivity contribution in [3.05, 3.63) is 75.8 Å². The van der Waals surface area contributed by atoms with E-state index in [9.17, 15) is 15.4 Å². The van der Waals surface area contributed by atoms with Crippen LogP contribution in [-0.2, 0) is 0 Å². The van der Waals surface area contributed by atoms with E-state index in [0.29, 0.717) is 11.1 Å². The average Bonchev–Trinajstić information content (AvgIpc) is 2.46. The van der Waals surface area contributed by atoms with Gasteiger partial charge >= 0.3 is 0 Å². The fourth-order valence-corrected chi connectivity index (χ4v) is 1.73. The third-order valence-electron chi connectivity index (χ3n) is 2.64. The van der Waals surface area contributed by atoms with Crippen molar-refractivity contribution in [3.63, 3.8) is 0 Å². The molecule has 0 aliphatic heterocycles. The van der Waals surface area contributed by atoms with E-state index < -0.39 is 4.92 Å². The molecule has 0 amide bonds. The topological polar surface area (TPSA) is 66.9 Å². The van der Waals surface area contributed by atoms with Crippen LogP contribution in [0.1, 0.15) is 11.1 Å². The molecule has 0 aliphatic rings. The van der Waals surface area contributed by atoms with Gasteiger partial charge in [0.2, 0.25) is 0 Å². The second kappa shape index (κ2) is 5.61. The monoisotopic (exact) mass is 250 g/mol. The van der Waals surface area contributed by atoms with E-state index in [-0.39, 0.29) is 5.69 Å². The smallest absolute Gasteiger partial charge is 0.258 e. The molecule has 4 heteroatoms. The fraction of sp³-hybridized carbons (Fsp3) is 0. The maximum Gasteiger partial charge on any atom is 0.276 e. The number of nitro groups is 1. The summed E-state index contributed by atoms with van der Waals surface area (Å²) in [6, 6.07) is 17.5. The number of para-hydroxylation sites is 1. The predicted molar refractivity (Wildman–Crippen MR) is 73.0 cm³/mol. The van der Waals surface area contributed by atoms with Crippen LogP contribution in [0.15, 0.2) is 54.6 Å².